The molecule has 32 heavy (non-hydrogen) atoms. The van der Waals surface area contributed by atoms with E-state index in [1.54, 1.807) is 30.7 Å². The van der Waals surface area contributed by atoms with Gasteiger partial charge in [-0.2, -0.15) is 0 Å². The molecule has 0 fully saturated rings. The van der Waals surface area contributed by atoms with Crippen LogP contribution >= 0.6 is 35.0 Å². The number of aromatic nitrogens is 3. The number of hydrogen-bond acceptors (Lipinski definition) is 5. The summed E-state index contributed by atoms with van der Waals surface area (Å²) in [5.41, 5.74) is 2.22. The summed E-state index contributed by atoms with van der Waals surface area (Å²) in [5, 5.41) is 15.4. The Bertz CT molecular complexity index is 1140. The minimum absolute atomic E-state index is 0.126. The van der Waals surface area contributed by atoms with Crippen LogP contribution in [0.4, 0.5) is 5.69 Å². The number of nitrogens with one attached hydrogen (secondary N) is 2. The molecule has 0 radical (unpaired) electrons. The Kier molecular flexibility index (Phi) is 8.17. The first kappa shape index (κ1) is 24.1. The summed E-state index contributed by atoms with van der Waals surface area (Å²) < 4.78 is 1.76. The number of benzene rings is 2. The molecule has 0 aliphatic carbocycles. The molecule has 0 unspecified atom stereocenters. The molecule has 0 aliphatic heterocycles. The van der Waals surface area contributed by atoms with Crippen LogP contribution in [-0.2, 0) is 18.3 Å². The van der Waals surface area contributed by atoms with Crippen molar-refractivity contribution in [3.05, 3.63) is 69.5 Å². The molecule has 7 nitrogen and oxygen atoms in total. The van der Waals surface area contributed by atoms with Crippen LogP contribution in [0, 0.1) is 0 Å². The van der Waals surface area contributed by atoms with Crippen molar-refractivity contribution in [2.75, 3.05) is 11.1 Å². The van der Waals surface area contributed by atoms with Gasteiger partial charge in [0.2, 0.25) is 5.91 Å². The molecule has 0 bridgehead atoms. The molecule has 3 aromatic rings. The number of carbonyl (C=O) groups is 2. The molecule has 0 aliphatic rings. The number of nitrogens with zero attached hydrogens (tertiary/aromatic N) is 3. The van der Waals surface area contributed by atoms with Gasteiger partial charge in [-0.05, 0) is 43.2 Å². The number of halogens is 2. The molecule has 2 N–H and O–H groups in total. The number of thioether (sulfide) groups is 1. The Hall–Kier alpha value is -2.55. The van der Waals surface area contributed by atoms with Gasteiger partial charge in [0, 0.05) is 17.8 Å². The fraction of sp³-hybridized carbons (Fsp3) is 0.273. The van der Waals surface area contributed by atoms with Gasteiger partial charge in [-0.25, -0.2) is 0 Å². The highest BCUT2D eigenvalue weighted by atomic mass is 35.5. The summed E-state index contributed by atoms with van der Waals surface area (Å²) in [7, 11) is 1.79. The zero-order chi connectivity index (χ0) is 23.3. The predicted molar refractivity (Wildman–Crippen MR) is 129 cm³/mol. The van der Waals surface area contributed by atoms with Crippen LogP contribution in [0.1, 0.15) is 41.6 Å². The highest BCUT2D eigenvalue weighted by Gasteiger charge is 2.20. The zero-order valence-corrected chi connectivity index (χ0v) is 20.2. The van der Waals surface area contributed by atoms with Crippen molar-refractivity contribution < 1.29 is 9.59 Å². The van der Waals surface area contributed by atoms with E-state index in [4.69, 9.17) is 23.2 Å². The quantitative estimate of drug-likeness (QED) is 0.437. The highest BCUT2D eigenvalue weighted by Crippen LogP contribution is 2.23. The van der Waals surface area contributed by atoms with E-state index in [1.165, 1.54) is 17.8 Å². The number of para-hydroxylation sites is 1. The molecule has 1 aromatic heterocycles. The first-order chi connectivity index (χ1) is 15.3. The van der Waals surface area contributed by atoms with Crippen LogP contribution in [0.15, 0.2) is 47.6 Å². The molecule has 1 atom stereocenters. The van der Waals surface area contributed by atoms with E-state index in [-0.39, 0.29) is 22.6 Å². The van der Waals surface area contributed by atoms with Gasteiger partial charge in [0.05, 0.1) is 22.4 Å². The third-order valence-corrected chi connectivity index (χ3v) is 6.35. The van der Waals surface area contributed by atoms with Crippen LogP contribution < -0.4 is 10.6 Å². The molecule has 10 heteroatoms. The van der Waals surface area contributed by atoms with Gasteiger partial charge in [-0.15, -0.1) is 10.2 Å². The SMILES string of the molecule is CCc1ccccc1NC(=O)CSc1nnc([C@H](C)NC(=O)c2ccc(Cl)cc2Cl)n1C. The maximum atomic E-state index is 12.6. The standard InChI is InChI=1S/C22H23Cl2N5O2S/c1-4-14-7-5-6-8-18(14)26-19(30)12-32-22-28-27-20(29(22)3)13(2)25-21(31)16-10-9-15(23)11-17(16)24/h5-11,13H,4,12H2,1-3H3,(H,25,31)(H,26,30)/t13-/m0/s1. The minimum atomic E-state index is -0.425. The van der Waals surface area contributed by atoms with Crippen molar-refractivity contribution in [2.45, 2.75) is 31.5 Å². The van der Waals surface area contributed by atoms with Crippen LogP contribution in [0.25, 0.3) is 0 Å². The van der Waals surface area contributed by atoms with Gasteiger partial charge in [0.25, 0.3) is 5.91 Å². The summed E-state index contributed by atoms with van der Waals surface area (Å²) in [6.45, 7) is 3.84. The van der Waals surface area contributed by atoms with Crippen molar-refractivity contribution >= 4 is 52.5 Å². The summed E-state index contributed by atoms with van der Waals surface area (Å²) >= 11 is 13.3. The molecule has 0 saturated heterocycles. The fourth-order valence-corrected chi connectivity index (χ4v) is 4.32. The van der Waals surface area contributed by atoms with Crippen LogP contribution in [0.5, 0.6) is 0 Å². The monoisotopic (exact) mass is 491 g/mol. The molecule has 3 rings (SSSR count). The maximum Gasteiger partial charge on any atom is 0.253 e. The first-order valence-corrected chi connectivity index (χ1v) is 11.7. The lowest BCUT2D eigenvalue weighted by Gasteiger charge is -2.14. The molecule has 168 valence electrons. The smallest absolute Gasteiger partial charge is 0.253 e. The third kappa shape index (κ3) is 5.82. The van der Waals surface area contributed by atoms with Crippen LogP contribution in [-0.4, -0.2) is 32.3 Å². The van der Waals surface area contributed by atoms with Gasteiger partial charge in [-0.1, -0.05) is 60.1 Å². The summed E-state index contributed by atoms with van der Waals surface area (Å²) in [5.74, 6) is 0.276. The van der Waals surface area contributed by atoms with E-state index in [9.17, 15) is 9.59 Å². The Morgan fingerprint density at radius 2 is 1.91 bits per heavy atom. The molecule has 0 spiro atoms. The van der Waals surface area contributed by atoms with Crippen molar-refractivity contribution in [3.8, 4) is 0 Å². The number of anilines is 1. The average Bonchev–Trinajstić information content (AvgIpc) is 3.13. The molecular weight excluding hydrogens is 469 g/mol. The summed E-state index contributed by atoms with van der Waals surface area (Å²) in [6, 6.07) is 12.0. The summed E-state index contributed by atoms with van der Waals surface area (Å²) in [6.07, 6.45) is 0.834. The molecular formula is C22H23Cl2N5O2S. The first-order valence-electron chi connectivity index (χ1n) is 9.95. The van der Waals surface area contributed by atoms with Gasteiger partial charge in [-0.3, -0.25) is 9.59 Å². The van der Waals surface area contributed by atoms with Gasteiger partial charge in [0.1, 0.15) is 0 Å². The van der Waals surface area contributed by atoms with Gasteiger partial charge in [0.15, 0.2) is 11.0 Å². The molecule has 2 amide bonds. The average molecular weight is 492 g/mol. The normalized spacial score (nSPS) is 11.8. The highest BCUT2D eigenvalue weighted by molar-refractivity contribution is 7.99. The second-order valence-electron chi connectivity index (χ2n) is 7.07. The van der Waals surface area contributed by atoms with Crippen LogP contribution in [0.2, 0.25) is 10.0 Å². The van der Waals surface area contributed by atoms with Crippen molar-refractivity contribution in [1.82, 2.24) is 20.1 Å². The van der Waals surface area contributed by atoms with E-state index in [0.29, 0.717) is 21.6 Å². The lowest BCUT2D eigenvalue weighted by molar-refractivity contribution is -0.113. The Morgan fingerprint density at radius 1 is 1.16 bits per heavy atom. The van der Waals surface area contributed by atoms with Crippen molar-refractivity contribution in [3.63, 3.8) is 0 Å². The Balaban J connectivity index is 1.60. The van der Waals surface area contributed by atoms with Crippen LogP contribution in [0.3, 0.4) is 0 Å². The Morgan fingerprint density at radius 3 is 2.62 bits per heavy atom. The Labute approximate surface area is 200 Å². The molecule has 2 aromatic carbocycles. The van der Waals surface area contributed by atoms with E-state index in [2.05, 4.69) is 20.8 Å². The predicted octanol–water partition coefficient (Wildman–Crippen LogP) is 4.91. The maximum absolute atomic E-state index is 12.6. The van der Waals surface area contributed by atoms with Crippen molar-refractivity contribution in [2.24, 2.45) is 7.05 Å². The van der Waals surface area contributed by atoms with Gasteiger partial charge >= 0.3 is 0 Å². The van der Waals surface area contributed by atoms with E-state index in [1.807, 2.05) is 31.2 Å². The van der Waals surface area contributed by atoms with E-state index < -0.39 is 6.04 Å². The number of rotatable bonds is 8. The topological polar surface area (TPSA) is 88.9 Å². The van der Waals surface area contributed by atoms with E-state index in [0.717, 1.165) is 17.7 Å². The largest absolute Gasteiger partial charge is 0.342 e. The molecule has 0 saturated carbocycles. The number of carbonyl (C=O) groups excluding carboxylic acids is 2. The lowest BCUT2D eigenvalue weighted by Crippen LogP contribution is -2.28. The summed E-state index contributed by atoms with van der Waals surface area (Å²) in [4.78, 5) is 25.0. The third-order valence-electron chi connectivity index (χ3n) is 4.78. The fourth-order valence-electron chi connectivity index (χ4n) is 3.11. The number of hydrogen-bond donors (Lipinski definition) is 2. The minimum Gasteiger partial charge on any atom is -0.342 e. The van der Waals surface area contributed by atoms with Crippen molar-refractivity contribution in [1.29, 1.82) is 0 Å². The number of aryl methyl sites for hydroxylation is 1. The van der Waals surface area contributed by atoms with Gasteiger partial charge < -0.3 is 15.2 Å². The number of amides is 2. The van der Waals surface area contributed by atoms with E-state index >= 15 is 0 Å². The zero-order valence-electron chi connectivity index (χ0n) is 17.9. The second-order valence-corrected chi connectivity index (χ2v) is 8.85. The molecule has 1 heterocycles. The lowest BCUT2D eigenvalue weighted by atomic mass is 10.1. The second kappa shape index (κ2) is 10.8.